The third-order valence-corrected chi connectivity index (χ3v) is 4.85. The van der Waals surface area contributed by atoms with Crippen LogP contribution in [0.4, 0.5) is 0 Å². The predicted octanol–water partition coefficient (Wildman–Crippen LogP) is 2.12. The first-order valence-corrected chi connectivity index (χ1v) is 8.75. The first-order valence-electron chi connectivity index (χ1n) is 8.75. The molecule has 1 amide bonds. The van der Waals surface area contributed by atoms with Crippen molar-refractivity contribution in [2.45, 2.75) is 13.0 Å². The molecule has 1 aliphatic heterocycles. The Morgan fingerprint density at radius 3 is 2.85 bits per heavy atom. The van der Waals surface area contributed by atoms with Crippen LogP contribution in [0.5, 0.6) is 0 Å². The van der Waals surface area contributed by atoms with Crippen molar-refractivity contribution in [2.24, 2.45) is 7.05 Å². The van der Waals surface area contributed by atoms with Gasteiger partial charge in [0.1, 0.15) is 11.9 Å². The molecule has 0 radical (unpaired) electrons. The molecule has 4 rings (SSSR count). The average molecular weight is 387 g/mol. The van der Waals surface area contributed by atoms with E-state index in [4.69, 9.17) is 0 Å². The first-order chi connectivity index (χ1) is 12.6. The third kappa shape index (κ3) is 3.61. The lowest BCUT2D eigenvalue weighted by atomic mass is 10.1. The number of carbonyl (C=O) groups excluding carboxylic acids is 1. The smallest absolute Gasteiger partial charge is 0.257 e. The summed E-state index contributed by atoms with van der Waals surface area (Å²) in [6, 6.07) is 7.91. The quantitative estimate of drug-likeness (QED) is 0.748. The average Bonchev–Trinajstić information content (AvgIpc) is 3.31. The Balaban J connectivity index is 0.00000210. The van der Waals surface area contributed by atoms with Crippen LogP contribution in [0.25, 0.3) is 5.69 Å². The number of hydrogen-bond donors (Lipinski definition) is 1. The number of nitrogens with one attached hydrogen (secondary N) is 1. The fourth-order valence-corrected chi connectivity index (χ4v) is 3.43. The number of nitrogens with zero attached hydrogens (tertiary/aromatic N) is 5. The van der Waals surface area contributed by atoms with Gasteiger partial charge in [0.15, 0.2) is 0 Å². The molecular formula is C19H23ClN6O. The zero-order chi connectivity index (χ0) is 18.1. The lowest BCUT2D eigenvalue weighted by molar-refractivity contribution is 0.0621. The van der Waals surface area contributed by atoms with Gasteiger partial charge < -0.3 is 14.8 Å². The van der Waals surface area contributed by atoms with Crippen molar-refractivity contribution in [1.82, 2.24) is 29.5 Å². The molecule has 1 aliphatic rings. The van der Waals surface area contributed by atoms with E-state index in [2.05, 4.69) is 15.4 Å². The van der Waals surface area contributed by atoms with Gasteiger partial charge in [-0.15, -0.1) is 12.4 Å². The zero-order valence-corrected chi connectivity index (χ0v) is 16.2. The summed E-state index contributed by atoms with van der Waals surface area (Å²) >= 11 is 0. The van der Waals surface area contributed by atoms with Crippen LogP contribution in [0.1, 0.15) is 27.8 Å². The number of carbonyl (C=O) groups is 1. The number of benzene rings is 1. The standard InChI is InChI=1S/C19H22N6O.ClH/c1-14-5-3-4-6-16(14)25-13-15(11-22-25)19(26)24-10-7-20-12-17(24)18-21-8-9-23(18)2;/h3-6,8-9,11,13,17,20H,7,10,12H2,1-2H3;1H. The Morgan fingerprint density at radius 2 is 2.11 bits per heavy atom. The summed E-state index contributed by atoms with van der Waals surface area (Å²) in [5.74, 6) is 0.871. The highest BCUT2D eigenvalue weighted by Gasteiger charge is 2.31. The lowest BCUT2D eigenvalue weighted by Gasteiger charge is -2.35. The Bertz CT molecular complexity index is 934. The number of para-hydroxylation sites is 1. The van der Waals surface area contributed by atoms with E-state index in [0.717, 1.165) is 23.6 Å². The maximum atomic E-state index is 13.2. The van der Waals surface area contributed by atoms with E-state index < -0.39 is 0 Å². The van der Waals surface area contributed by atoms with E-state index in [1.54, 1.807) is 17.1 Å². The molecule has 142 valence electrons. The largest absolute Gasteiger partial charge is 0.336 e. The Hall–Kier alpha value is -2.64. The van der Waals surface area contributed by atoms with Gasteiger partial charge in [-0.05, 0) is 18.6 Å². The van der Waals surface area contributed by atoms with Crippen molar-refractivity contribution in [3.05, 3.63) is 66.0 Å². The molecule has 1 saturated heterocycles. The summed E-state index contributed by atoms with van der Waals surface area (Å²) in [7, 11) is 1.95. The van der Waals surface area contributed by atoms with Crippen LogP contribution in [0.15, 0.2) is 49.1 Å². The maximum Gasteiger partial charge on any atom is 0.257 e. The van der Waals surface area contributed by atoms with Gasteiger partial charge in [0, 0.05) is 45.3 Å². The summed E-state index contributed by atoms with van der Waals surface area (Å²) in [5.41, 5.74) is 2.68. The maximum absolute atomic E-state index is 13.2. The molecule has 1 unspecified atom stereocenters. The summed E-state index contributed by atoms with van der Waals surface area (Å²) in [6.07, 6.45) is 7.13. The summed E-state index contributed by atoms with van der Waals surface area (Å²) < 4.78 is 3.73. The predicted molar refractivity (Wildman–Crippen MR) is 105 cm³/mol. The van der Waals surface area contributed by atoms with Crippen LogP contribution in [-0.4, -0.2) is 49.8 Å². The highest BCUT2D eigenvalue weighted by atomic mass is 35.5. The second kappa shape index (κ2) is 7.94. The Labute approximate surface area is 164 Å². The van der Waals surface area contributed by atoms with Gasteiger partial charge in [0.2, 0.25) is 0 Å². The number of aryl methyl sites for hydroxylation is 2. The van der Waals surface area contributed by atoms with Crippen molar-refractivity contribution in [3.63, 3.8) is 0 Å². The summed E-state index contributed by atoms with van der Waals surface area (Å²) in [6.45, 7) is 4.15. The number of aromatic nitrogens is 4. The molecule has 8 heteroatoms. The molecule has 1 aromatic carbocycles. The molecule has 1 atom stereocenters. The monoisotopic (exact) mass is 386 g/mol. The van der Waals surface area contributed by atoms with E-state index in [9.17, 15) is 4.79 Å². The molecule has 0 spiro atoms. The summed E-state index contributed by atoms with van der Waals surface area (Å²) in [4.78, 5) is 19.5. The molecule has 27 heavy (non-hydrogen) atoms. The minimum absolute atomic E-state index is 0. The normalized spacial score (nSPS) is 16.8. The number of rotatable bonds is 3. The van der Waals surface area contributed by atoms with E-state index in [-0.39, 0.29) is 24.4 Å². The molecule has 0 saturated carbocycles. The van der Waals surface area contributed by atoms with Crippen LogP contribution >= 0.6 is 12.4 Å². The second-order valence-corrected chi connectivity index (χ2v) is 6.57. The van der Waals surface area contributed by atoms with E-state index in [1.807, 2.05) is 60.1 Å². The topological polar surface area (TPSA) is 68.0 Å². The van der Waals surface area contributed by atoms with Crippen molar-refractivity contribution < 1.29 is 4.79 Å². The van der Waals surface area contributed by atoms with Crippen LogP contribution in [0, 0.1) is 6.92 Å². The molecule has 3 heterocycles. The molecule has 0 bridgehead atoms. The molecule has 2 aromatic heterocycles. The third-order valence-electron chi connectivity index (χ3n) is 4.85. The van der Waals surface area contributed by atoms with E-state index >= 15 is 0 Å². The van der Waals surface area contributed by atoms with Crippen molar-refractivity contribution in [2.75, 3.05) is 19.6 Å². The minimum Gasteiger partial charge on any atom is -0.336 e. The van der Waals surface area contributed by atoms with E-state index in [1.165, 1.54) is 0 Å². The van der Waals surface area contributed by atoms with Gasteiger partial charge >= 0.3 is 0 Å². The second-order valence-electron chi connectivity index (χ2n) is 6.57. The number of halogens is 1. The Kier molecular flexibility index (Phi) is 5.62. The SMILES string of the molecule is Cc1ccccc1-n1cc(C(=O)N2CCNCC2c2nccn2C)cn1.Cl. The molecule has 7 nitrogen and oxygen atoms in total. The number of hydrogen-bond acceptors (Lipinski definition) is 4. The molecule has 3 aromatic rings. The molecular weight excluding hydrogens is 364 g/mol. The van der Waals surface area contributed by atoms with Gasteiger partial charge in [0.25, 0.3) is 5.91 Å². The fraction of sp³-hybridized carbons (Fsp3) is 0.316. The number of amides is 1. The van der Waals surface area contributed by atoms with Crippen LogP contribution in [-0.2, 0) is 7.05 Å². The van der Waals surface area contributed by atoms with Crippen LogP contribution in [0.2, 0.25) is 0 Å². The van der Waals surface area contributed by atoms with Gasteiger partial charge in [0.05, 0.1) is 17.4 Å². The molecule has 1 N–H and O–H groups in total. The summed E-state index contributed by atoms with van der Waals surface area (Å²) in [5, 5.41) is 7.76. The Morgan fingerprint density at radius 1 is 1.30 bits per heavy atom. The van der Waals surface area contributed by atoms with E-state index in [0.29, 0.717) is 18.7 Å². The van der Waals surface area contributed by atoms with Crippen LogP contribution in [0.3, 0.4) is 0 Å². The van der Waals surface area contributed by atoms with Crippen LogP contribution < -0.4 is 5.32 Å². The van der Waals surface area contributed by atoms with Gasteiger partial charge in [-0.25, -0.2) is 9.67 Å². The fourth-order valence-electron chi connectivity index (χ4n) is 3.43. The van der Waals surface area contributed by atoms with Gasteiger partial charge in [-0.3, -0.25) is 4.79 Å². The molecule has 1 fully saturated rings. The van der Waals surface area contributed by atoms with Crippen molar-refractivity contribution in [3.8, 4) is 5.69 Å². The van der Waals surface area contributed by atoms with Gasteiger partial charge in [-0.1, -0.05) is 18.2 Å². The lowest BCUT2D eigenvalue weighted by Crippen LogP contribution is -2.49. The number of imidazole rings is 1. The number of piperazine rings is 1. The van der Waals surface area contributed by atoms with Gasteiger partial charge in [-0.2, -0.15) is 5.10 Å². The zero-order valence-electron chi connectivity index (χ0n) is 15.4. The highest BCUT2D eigenvalue weighted by molar-refractivity contribution is 5.94. The highest BCUT2D eigenvalue weighted by Crippen LogP contribution is 2.23. The molecule has 0 aliphatic carbocycles. The first kappa shape index (κ1) is 19.1. The minimum atomic E-state index is -0.0851. The van der Waals surface area contributed by atoms with Crippen molar-refractivity contribution >= 4 is 18.3 Å². The van der Waals surface area contributed by atoms with Crippen molar-refractivity contribution in [1.29, 1.82) is 0 Å².